The number of benzene rings is 1. The van der Waals surface area contributed by atoms with Crippen molar-refractivity contribution in [1.82, 2.24) is 4.90 Å². The Morgan fingerprint density at radius 2 is 2.00 bits per heavy atom. The molecule has 1 aromatic rings. The van der Waals surface area contributed by atoms with Gasteiger partial charge in [0.1, 0.15) is 5.75 Å². The summed E-state index contributed by atoms with van der Waals surface area (Å²) in [5.74, 6) is -0.409. The smallest absolute Gasteiger partial charge is 0.387 e. The zero-order chi connectivity index (χ0) is 14.4. The highest BCUT2D eigenvalue weighted by Gasteiger charge is 2.22. The second-order valence-corrected chi connectivity index (χ2v) is 4.95. The number of carbonyl (C=O) groups is 1. The Morgan fingerprint density at radius 1 is 1.37 bits per heavy atom. The molecule has 1 aromatic carbocycles. The van der Waals surface area contributed by atoms with E-state index in [-0.39, 0.29) is 23.3 Å². The van der Waals surface area contributed by atoms with Crippen LogP contribution in [0.3, 0.4) is 0 Å². The maximum atomic E-state index is 12.4. The summed E-state index contributed by atoms with van der Waals surface area (Å²) in [5, 5.41) is 0.620. The number of amides is 1. The molecule has 1 rings (SSSR count). The SMILES string of the molecule is CC(C)N(CCBr)C(=O)c1ccccc1OC(F)F. The van der Waals surface area contributed by atoms with E-state index in [1.807, 2.05) is 13.8 Å². The average Bonchev–Trinajstić information content (AvgIpc) is 2.34. The van der Waals surface area contributed by atoms with Gasteiger partial charge < -0.3 is 9.64 Å². The van der Waals surface area contributed by atoms with Crippen molar-refractivity contribution in [1.29, 1.82) is 0 Å². The molecule has 0 aliphatic carbocycles. The van der Waals surface area contributed by atoms with E-state index >= 15 is 0 Å². The number of para-hydroxylation sites is 1. The van der Waals surface area contributed by atoms with Crippen LogP contribution in [0.5, 0.6) is 5.75 Å². The zero-order valence-electron chi connectivity index (χ0n) is 10.8. The Kier molecular flexibility index (Phi) is 6.21. The van der Waals surface area contributed by atoms with Gasteiger partial charge in [0.05, 0.1) is 5.56 Å². The van der Waals surface area contributed by atoms with Gasteiger partial charge >= 0.3 is 6.61 Å². The van der Waals surface area contributed by atoms with Crippen LogP contribution in [0.15, 0.2) is 24.3 Å². The topological polar surface area (TPSA) is 29.5 Å². The van der Waals surface area contributed by atoms with Crippen LogP contribution in [0.2, 0.25) is 0 Å². The Bertz CT molecular complexity index is 427. The second-order valence-electron chi connectivity index (χ2n) is 4.16. The van der Waals surface area contributed by atoms with Crippen LogP contribution in [0.25, 0.3) is 0 Å². The third-order valence-electron chi connectivity index (χ3n) is 2.54. The lowest BCUT2D eigenvalue weighted by atomic mass is 10.1. The standard InChI is InChI=1S/C13H16BrF2NO2/c1-9(2)17(8-7-14)12(18)10-5-3-4-6-11(10)19-13(15)16/h3-6,9,13H,7-8H2,1-2H3. The van der Waals surface area contributed by atoms with Crippen LogP contribution in [-0.4, -0.2) is 35.3 Å². The molecular formula is C13H16BrF2NO2. The van der Waals surface area contributed by atoms with Crippen molar-refractivity contribution in [2.24, 2.45) is 0 Å². The molecule has 0 N–H and O–H groups in total. The predicted octanol–water partition coefficient (Wildman–Crippen LogP) is 3.53. The van der Waals surface area contributed by atoms with Crippen molar-refractivity contribution in [2.45, 2.75) is 26.5 Å². The maximum absolute atomic E-state index is 12.4. The fourth-order valence-electron chi connectivity index (χ4n) is 1.68. The Hall–Kier alpha value is -1.17. The number of alkyl halides is 3. The third-order valence-corrected chi connectivity index (χ3v) is 2.90. The molecule has 0 bridgehead atoms. The number of halogens is 3. The molecule has 0 spiro atoms. The van der Waals surface area contributed by atoms with Gasteiger partial charge in [-0.3, -0.25) is 4.79 Å². The summed E-state index contributed by atoms with van der Waals surface area (Å²) in [5.41, 5.74) is 0.150. The molecular weight excluding hydrogens is 320 g/mol. The Morgan fingerprint density at radius 3 is 2.53 bits per heavy atom. The lowest BCUT2D eigenvalue weighted by Gasteiger charge is -2.26. The molecule has 6 heteroatoms. The van der Waals surface area contributed by atoms with Crippen molar-refractivity contribution in [3.63, 3.8) is 0 Å². The Labute approximate surface area is 119 Å². The number of hydrogen-bond acceptors (Lipinski definition) is 2. The molecule has 0 saturated carbocycles. The van der Waals surface area contributed by atoms with Gasteiger partial charge in [0, 0.05) is 17.9 Å². The average molecular weight is 336 g/mol. The molecule has 0 aliphatic rings. The highest BCUT2D eigenvalue weighted by molar-refractivity contribution is 9.09. The summed E-state index contributed by atoms with van der Waals surface area (Å²) in [6, 6.07) is 6.01. The second kappa shape index (κ2) is 7.43. The van der Waals surface area contributed by atoms with Gasteiger partial charge in [-0.15, -0.1) is 0 Å². The molecule has 106 valence electrons. The molecule has 0 saturated heterocycles. The molecule has 0 radical (unpaired) electrons. The van der Waals surface area contributed by atoms with Crippen molar-refractivity contribution in [2.75, 3.05) is 11.9 Å². The van der Waals surface area contributed by atoms with Gasteiger partial charge in [-0.2, -0.15) is 8.78 Å². The van der Waals surface area contributed by atoms with Crippen LogP contribution >= 0.6 is 15.9 Å². The lowest BCUT2D eigenvalue weighted by molar-refractivity contribution is -0.0503. The van der Waals surface area contributed by atoms with Crippen LogP contribution in [0, 0.1) is 0 Å². The molecule has 0 heterocycles. The molecule has 0 unspecified atom stereocenters. The number of ether oxygens (including phenoxy) is 1. The van der Waals surface area contributed by atoms with E-state index in [4.69, 9.17) is 0 Å². The largest absolute Gasteiger partial charge is 0.434 e. The number of hydrogen-bond donors (Lipinski definition) is 0. The molecule has 3 nitrogen and oxygen atoms in total. The summed E-state index contributed by atoms with van der Waals surface area (Å²) >= 11 is 3.27. The van der Waals surface area contributed by atoms with Gasteiger partial charge in [0.15, 0.2) is 0 Å². The highest BCUT2D eigenvalue weighted by atomic mass is 79.9. The third kappa shape index (κ3) is 4.45. The van der Waals surface area contributed by atoms with E-state index in [1.54, 1.807) is 17.0 Å². The summed E-state index contributed by atoms with van der Waals surface area (Å²) in [6.45, 7) is 1.30. The zero-order valence-corrected chi connectivity index (χ0v) is 12.4. The van der Waals surface area contributed by atoms with E-state index in [0.717, 1.165) is 0 Å². The van der Waals surface area contributed by atoms with E-state index in [2.05, 4.69) is 20.7 Å². The van der Waals surface area contributed by atoms with E-state index < -0.39 is 6.61 Å². The van der Waals surface area contributed by atoms with Crippen molar-refractivity contribution in [3.05, 3.63) is 29.8 Å². The summed E-state index contributed by atoms with van der Waals surface area (Å²) in [6.07, 6.45) is 0. The Balaban J connectivity index is 3.03. The number of rotatable bonds is 6. The molecule has 19 heavy (non-hydrogen) atoms. The minimum absolute atomic E-state index is 0.0235. The minimum Gasteiger partial charge on any atom is -0.434 e. The van der Waals surface area contributed by atoms with Gasteiger partial charge in [-0.05, 0) is 26.0 Å². The van der Waals surface area contributed by atoms with Gasteiger partial charge in [-0.25, -0.2) is 0 Å². The molecule has 0 fully saturated rings. The van der Waals surface area contributed by atoms with Crippen LogP contribution < -0.4 is 4.74 Å². The number of nitrogens with zero attached hydrogens (tertiary/aromatic N) is 1. The quantitative estimate of drug-likeness (QED) is 0.744. The number of carbonyl (C=O) groups excluding carboxylic acids is 1. The first-order valence-electron chi connectivity index (χ1n) is 5.88. The van der Waals surface area contributed by atoms with Crippen molar-refractivity contribution < 1.29 is 18.3 Å². The molecule has 0 atom stereocenters. The fourth-order valence-corrected chi connectivity index (χ4v) is 2.06. The maximum Gasteiger partial charge on any atom is 0.387 e. The van der Waals surface area contributed by atoms with Crippen molar-refractivity contribution in [3.8, 4) is 5.75 Å². The van der Waals surface area contributed by atoms with E-state index in [9.17, 15) is 13.6 Å². The monoisotopic (exact) mass is 335 g/mol. The normalized spacial score (nSPS) is 10.9. The van der Waals surface area contributed by atoms with Gasteiger partial charge in [-0.1, -0.05) is 28.1 Å². The first-order chi connectivity index (χ1) is 8.97. The summed E-state index contributed by atoms with van der Waals surface area (Å²) in [7, 11) is 0. The molecule has 0 aliphatic heterocycles. The molecule has 1 amide bonds. The van der Waals surface area contributed by atoms with E-state index in [0.29, 0.717) is 11.9 Å². The van der Waals surface area contributed by atoms with Gasteiger partial charge in [0.25, 0.3) is 5.91 Å². The van der Waals surface area contributed by atoms with Crippen LogP contribution in [-0.2, 0) is 0 Å². The lowest BCUT2D eigenvalue weighted by Crippen LogP contribution is -2.38. The first kappa shape index (κ1) is 15.9. The summed E-state index contributed by atoms with van der Waals surface area (Å²) in [4.78, 5) is 14.0. The molecule has 0 aromatic heterocycles. The predicted molar refractivity (Wildman–Crippen MR) is 73.0 cm³/mol. The van der Waals surface area contributed by atoms with Crippen molar-refractivity contribution >= 4 is 21.8 Å². The van der Waals surface area contributed by atoms with Gasteiger partial charge in [0.2, 0.25) is 0 Å². The highest BCUT2D eigenvalue weighted by Crippen LogP contribution is 2.22. The fraction of sp³-hybridized carbons (Fsp3) is 0.462. The first-order valence-corrected chi connectivity index (χ1v) is 7.00. The van der Waals surface area contributed by atoms with Crippen LogP contribution in [0.1, 0.15) is 24.2 Å². The minimum atomic E-state index is -2.95. The van der Waals surface area contributed by atoms with Crippen LogP contribution in [0.4, 0.5) is 8.78 Å². The van der Waals surface area contributed by atoms with E-state index in [1.165, 1.54) is 12.1 Å². The summed E-state index contributed by atoms with van der Waals surface area (Å²) < 4.78 is 29.0.